The van der Waals surface area contributed by atoms with E-state index in [-0.39, 0.29) is 5.82 Å². The summed E-state index contributed by atoms with van der Waals surface area (Å²) >= 11 is 0. The van der Waals surface area contributed by atoms with Crippen molar-refractivity contribution in [1.82, 2.24) is 9.97 Å². The van der Waals surface area contributed by atoms with Gasteiger partial charge in [0.1, 0.15) is 17.5 Å². The molecule has 0 aliphatic carbocycles. The maximum absolute atomic E-state index is 8.52. The highest BCUT2D eigenvalue weighted by Crippen LogP contribution is 2.09. The molecular formula is C7H9N5. The van der Waals surface area contributed by atoms with Crippen molar-refractivity contribution in [2.75, 3.05) is 24.7 Å². The van der Waals surface area contributed by atoms with Crippen LogP contribution in [0, 0.1) is 11.3 Å². The first kappa shape index (κ1) is 8.27. The van der Waals surface area contributed by atoms with E-state index in [1.165, 1.54) is 6.20 Å². The molecule has 12 heavy (non-hydrogen) atoms. The molecule has 0 radical (unpaired) electrons. The van der Waals surface area contributed by atoms with Crippen LogP contribution in [0.5, 0.6) is 0 Å². The summed E-state index contributed by atoms with van der Waals surface area (Å²) in [6.45, 7) is 0. The zero-order valence-electron chi connectivity index (χ0n) is 6.94. The Hall–Kier alpha value is -1.83. The van der Waals surface area contributed by atoms with Crippen LogP contribution < -0.4 is 10.6 Å². The maximum Gasteiger partial charge on any atom is 0.226 e. The molecule has 0 aliphatic rings. The lowest BCUT2D eigenvalue weighted by atomic mass is 10.3. The first-order valence-electron chi connectivity index (χ1n) is 3.35. The number of hydrogen-bond acceptors (Lipinski definition) is 5. The van der Waals surface area contributed by atoms with Crippen molar-refractivity contribution in [3.63, 3.8) is 0 Å². The fourth-order valence-corrected chi connectivity index (χ4v) is 0.687. The monoisotopic (exact) mass is 163 g/mol. The number of nitrogens with two attached hydrogens (primary N) is 1. The van der Waals surface area contributed by atoms with Crippen LogP contribution in [0.4, 0.5) is 11.8 Å². The van der Waals surface area contributed by atoms with Gasteiger partial charge in [0.05, 0.1) is 6.20 Å². The van der Waals surface area contributed by atoms with Gasteiger partial charge in [-0.3, -0.25) is 0 Å². The number of hydrogen-bond donors (Lipinski definition) is 1. The maximum atomic E-state index is 8.52. The van der Waals surface area contributed by atoms with Crippen molar-refractivity contribution >= 4 is 11.8 Å². The Labute approximate surface area is 70.5 Å². The van der Waals surface area contributed by atoms with Crippen LogP contribution in [-0.2, 0) is 0 Å². The second-order valence-corrected chi connectivity index (χ2v) is 2.48. The number of aromatic nitrogens is 2. The summed E-state index contributed by atoms with van der Waals surface area (Å²) in [5.74, 6) is 0.725. The summed E-state index contributed by atoms with van der Waals surface area (Å²) in [5.41, 5.74) is 5.78. The van der Waals surface area contributed by atoms with Crippen LogP contribution in [0.25, 0.3) is 0 Å². The number of nitrogen functional groups attached to an aromatic ring is 1. The average Bonchev–Trinajstić information content (AvgIpc) is 2.04. The molecule has 0 fully saturated rings. The van der Waals surface area contributed by atoms with Crippen molar-refractivity contribution in [3.8, 4) is 6.07 Å². The zero-order chi connectivity index (χ0) is 9.14. The van der Waals surface area contributed by atoms with Crippen molar-refractivity contribution in [2.45, 2.75) is 0 Å². The summed E-state index contributed by atoms with van der Waals surface area (Å²) in [6, 6.07) is 1.89. The predicted molar refractivity (Wildman–Crippen MR) is 45.5 cm³/mol. The molecule has 62 valence electrons. The Bertz CT molecular complexity index is 325. The highest BCUT2D eigenvalue weighted by atomic mass is 15.2. The molecule has 5 nitrogen and oxygen atoms in total. The SMILES string of the molecule is CN(C)c1ncc(C#N)c(N)n1. The Morgan fingerprint density at radius 2 is 2.25 bits per heavy atom. The van der Waals surface area contributed by atoms with Crippen molar-refractivity contribution in [1.29, 1.82) is 5.26 Å². The average molecular weight is 163 g/mol. The molecule has 0 aromatic carbocycles. The third kappa shape index (κ3) is 1.42. The Morgan fingerprint density at radius 3 is 2.67 bits per heavy atom. The van der Waals surface area contributed by atoms with E-state index >= 15 is 0 Å². The molecule has 0 bridgehead atoms. The topological polar surface area (TPSA) is 78.8 Å². The molecule has 0 aliphatic heterocycles. The minimum absolute atomic E-state index is 0.219. The number of anilines is 2. The van der Waals surface area contributed by atoms with Gasteiger partial charge in [-0.2, -0.15) is 10.2 Å². The third-order valence-electron chi connectivity index (χ3n) is 1.33. The van der Waals surface area contributed by atoms with Crippen molar-refractivity contribution < 1.29 is 0 Å². The van der Waals surface area contributed by atoms with Crippen LogP contribution in [0.3, 0.4) is 0 Å². The molecule has 0 atom stereocenters. The largest absolute Gasteiger partial charge is 0.382 e. The van der Waals surface area contributed by atoms with E-state index in [2.05, 4.69) is 9.97 Å². The predicted octanol–water partition coefficient (Wildman–Crippen LogP) is -0.00352. The highest BCUT2D eigenvalue weighted by molar-refractivity contribution is 5.49. The molecular weight excluding hydrogens is 154 g/mol. The molecule has 0 spiro atoms. The van der Waals surface area contributed by atoms with Crippen molar-refractivity contribution in [2.24, 2.45) is 0 Å². The van der Waals surface area contributed by atoms with Crippen LogP contribution in [0.2, 0.25) is 0 Å². The van der Waals surface area contributed by atoms with E-state index in [4.69, 9.17) is 11.0 Å². The van der Waals surface area contributed by atoms with Gasteiger partial charge in [-0.15, -0.1) is 0 Å². The summed E-state index contributed by atoms with van der Waals surface area (Å²) in [4.78, 5) is 9.56. The molecule has 0 amide bonds. The minimum atomic E-state index is 0.219. The van der Waals surface area contributed by atoms with Gasteiger partial charge < -0.3 is 10.6 Å². The Balaban J connectivity index is 3.12. The number of nitrogens with zero attached hydrogens (tertiary/aromatic N) is 4. The first-order valence-corrected chi connectivity index (χ1v) is 3.35. The number of nitriles is 1. The fourth-order valence-electron chi connectivity index (χ4n) is 0.687. The molecule has 0 saturated heterocycles. The molecule has 0 saturated carbocycles. The number of rotatable bonds is 1. The van der Waals surface area contributed by atoms with Gasteiger partial charge in [-0.25, -0.2) is 4.98 Å². The molecule has 1 aromatic rings. The van der Waals surface area contributed by atoms with Crippen molar-refractivity contribution in [3.05, 3.63) is 11.8 Å². The zero-order valence-corrected chi connectivity index (χ0v) is 6.94. The van der Waals surface area contributed by atoms with E-state index in [9.17, 15) is 0 Å². The molecule has 2 N–H and O–H groups in total. The van der Waals surface area contributed by atoms with Crippen LogP contribution in [0.15, 0.2) is 6.20 Å². The second kappa shape index (κ2) is 3.05. The quantitative estimate of drug-likeness (QED) is 0.630. The molecule has 1 aromatic heterocycles. The Kier molecular flexibility index (Phi) is 2.10. The molecule has 5 heteroatoms. The summed E-state index contributed by atoms with van der Waals surface area (Å²) < 4.78 is 0. The van der Waals surface area contributed by atoms with Gasteiger partial charge in [0.25, 0.3) is 0 Å². The highest BCUT2D eigenvalue weighted by Gasteiger charge is 2.03. The van der Waals surface area contributed by atoms with E-state index in [1.54, 1.807) is 19.0 Å². The van der Waals surface area contributed by atoms with Gasteiger partial charge in [0.15, 0.2) is 0 Å². The van der Waals surface area contributed by atoms with Crippen LogP contribution >= 0.6 is 0 Å². The van der Waals surface area contributed by atoms with Gasteiger partial charge in [-0.05, 0) is 0 Å². The van der Waals surface area contributed by atoms with E-state index < -0.39 is 0 Å². The molecule has 1 rings (SSSR count). The second-order valence-electron chi connectivity index (χ2n) is 2.48. The first-order chi connectivity index (χ1) is 5.65. The molecule has 0 unspecified atom stereocenters. The normalized spacial score (nSPS) is 9.08. The molecule has 1 heterocycles. The summed E-state index contributed by atoms with van der Waals surface area (Å²) in [7, 11) is 3.61. The van der Waals surface area contributed by atoms with Gasteiger partial charge >= 0.3 is 0 Å². The van der Waals surface area contributed by atoms with Gasteiger partial charge in [0.2, 0.25) is 5.95 Å². The fraction of sp³-hybridized carbons (Fsp3) is 0.286. The van der Waals surface area contributed by atoms with E-state index in [0.717, 1.165) is 0 Å². The third-order valence-corrected chi connectivity index (χ3v) is 1.33. The smallest absolute Gasteiger partial charge is 0.226 e. The van der Waals surface area contributed by atoms with Crippen LogP contribution in [-0.4, -0.2) is 24.1 Å². The van der Waals surface area contributed by atoms with Gasteiger partial charge in [-0.1, -0.05) is 0 Å². The lowest BCUT2D eigenvalue weighted by Gasteiger charge is -2.09. The summed E-state index contributed by atoms with van der Waals surface area (Å²) in [5, 5.41) is 8.52. The lowest BCUT2D eigenvalue weighted by Crippen LogP contribution is -2.13. The van der Waals surface area contributed by atoms with Crippen LogP contribution in [0.1, 0.15) is 5.56 Å². The van der Waals surface area contributed by atoms with E-state index in [1.807, 2.05) is 6.07 Å². The minimum Gasteiger partial charge on any atom is -0.382 e. The summed E-state index contributed by atoms with van der Waals surface area (Å²) in [6.07, 6.45) is 1.41. The van der Waals surface area contributed by atoms with E-state index in [0.29, 0.717) is 11.5 Å². The van der Waals surface area contributed by atoms with Gasteiger partial charge in [0, 0.05) is 14.1 Å². The lowest BCUT2D eigenvalue weighted by molar-refractivity contribution is 0.999. The standard InChI is InChI=1S/C7H9N5/c1-12(2)7-10-4-5(3-8)6(9)11-7/h4H,1-2H3,(H2,9,10,11). The Morgan fingerprint density at radius 1 is 1.58 bits per heavy atom.